The SMILES string of the molecule is CC(=O)OC1C=CC(OCc2ccccc2)C1COCc1ccccc1. The molecule has 0 radical (unpaired) electrons. The summed E-state index contributed by atoms with van der Waals surface area (Å²) in [5.74, 6) is -0.345. The third-order valence-corrected chi connectivity index (χ3v) is 4.34. The van der Waals surface area contributed by atoms with Crippen LogP contribution in [0, 0.1) is 5.92 Å². The number of carbonyl (C=O) groups excluding carboxylic acids is 1. The van der Waals surface area contributed by atoms with Crippen molar-refractivity contribution in [3.8, 4) is 0 Å². The Morgan fingerprint density at radius 3 is 2.04 bits per heavy atom. The maximum atomic E-state index is 11.4. The number of esters is 1. The Kier molecular flexibility index (Phi) is 6.58. The van der Waals surface area contributed by atoms with Gasteiger partial charge in [0.15, 0.2) is 0 Å². The minimum absolute atomic E-state index is 0.0497. The van der Waals surface area contributed by atoms with Crippen molar-refractivity contribution in [1.82, 2.24) is 0 Å². The van der Waals surface area contributed by atoms with E-state index >= 15 is 0 Å². The molecule has 2 aromatic carbocycles. The first-order valence-corrected chi connectivity index (χ1v) is 8.85. The standard InChI is InChI=1S/C22H24O4/c1-17(23)26-22-13-12-21(25-15-19-10-6-3-7-11-19)20(22)16-24-14-18-8-4-2-5-9-18/h2-13,20-22H,14-16H2,1H3. The summed E-state index contributed by atoms with van der Waals surface area (Å²) in [6.45, 7) is 2.92. The van der Waals surface area contributed by atoms with Gasteiger partial charge in [-0.3, -0.25) is 4.79 Å². The number of benzene rings is 2. The largest absolute Gasteiger partial charge is 0.458 e. The molecule has 0 saturated heterocycles. The van der Waals surface area contributed by atoms with Gasteiger partial charge in [-0.05, 0) is 17.2 Å². The lowest BCUT2D eigenvalue weighted by atomic mass is 10.0. The molecule has 3 unspecified atom stereocenters. The predicted molar refractivity (Wildman–Crippen MR) is 99.3 cm³/mol. The Morgan fingerprint density at radius 1 is 0.846 bits per heavy atom. The molecule has 0 bridgehead atoms. The molecule has 3 rings (SSSR count). The van der Waals surface area contributed by atoms with Crippen LogP contribution in [-0.2, 0) is 32.2 Å². The molecule has 0 N–H and O–H groups in total. The molecule has 4 heteroatoms. The zero-order valence-corrected chi connectivity index (χ0v) is 14.9. The second-order valence-electron chi connectivity index (χ2n) is 6.38. The van der Waals surface area contributed by atoms with Crippen LogP contribution in [0.3, 0.4) is 0 Å². The fraction of sp³-hybridized carbons (Fsp3) is 0.318. The highest BCUT2D eigenvalue weighted by atomic mass is 16.6. The molecule has 0 aliphatic heterocycles. The van der Waals surface area contributed by atoms with Crippen LogP contribution in [0.5, 0.6) is 0 Å². The van der Waals surface area contributed by atoms with Gasteiger partial charge in [0.05, 0.1) is 31.8 Å². The number of rotatable bonds is 8. The number of carbonyl (C=O) groups is 1. The zero-order valence-electron chi connectivity index (χ0n) is 14.9. The van der Waals surface area contributed by atoms with Gasteiger partial charge in [-0.15, -0.1) is 0 Å². The zero-order chi connectivity index (χ0) is 18.2. The van der Waals surface area contributed by atoms with E-state index in [4.69, 9.17) is 14.2 Å². The van der Waals surface area contributed by atoms with E-state index in [0.717, 1.165) is 11.1 Å². The van der Waals surface area contributed by atoms with Crippen LogP contribution >= 0.6 is 0 Å². The third-order valence-electron chi connectivity index (χ3n) is 4.34. The van der Waals surface area contributed by atoms with Crippen LogP contribution in [0.25, 0.3) is 0 Å². The molecule has 136 valence electrons. The van der Waals surface area contributed by atoms with E-state index in [9.17, 15) is 4.79 Å². The topological polar surface area (TPSA) is 44.8 Å². The first-order chi connectivity index (χ1) is 12.7. The second kappa shape index (κ2) is 9.32. The summed E-state index contributed by atoms with van der Waals surface area (Å²) >= 11 is 0. The van der Waals surface area contributed by atoms with Gasteiger partial charge in [0, 0.05) is 6.92 Å². The van der Waals surface area contributed by atoms with Crippen molar-refractivity contribution in [3.63, 3.8) is 0 Å². The fourth-order valence-corrected chi connectivity index (χ4v) is 3.03. The van der Waals surface area contributed by atoms with Crippen molar-refractivity contribution in [1.29, 1.82) is 0 Å². The first kappa shape index (κ1) is 18.4. The van der Waals surface area contributed by atoms with E-state index in [2.05, 4.69) is 0 Å². The molecule has 0 aromatic heterocycles. The van der Waals surface area contributed by atoms with E-state index in [1.54, 1.807) is 0 Å². The van der Waals surface area contributed by atoms with Crippen LogP contribution in [0.1, 0.15) is 18.1 Å². The van der Waals surface area contributed by atoms with E-state index in [1.165, 1.54) is 6.92 Å². The predicted octanol–water partition coefficient (Wildman–Crippen LogP) is 3.91. The van der Waals surface area contributed by atoms with Gasteiger partial charge in [0.25, 0.3) is 0 Å². The smallest absolute Gasteiger partial charge is 0.303 e. The first-order valence-electron chi connectivity index (χ1n) is 8.85. The molecular formula is C22H24O4. The highest BCUT2D eigenvalue weighted by Gasteiger charge is 2.34. The molecular weight excluding hydrogens is 328 g/mol. The number of hydrogen-bond acceptors (Lipinski definition) is 4. The van der Waals surface area contributed by atoms with E-state index in [1.807, 2.05) is 72.8 Å². The Hall–Kier alpha value is -2.43. The number of ether oxygens (including phenoxy) is 3. The van der Waals surface area contributed by atoms with Gasteiger partial charge >= 0.3 is 5.97 Å². The Morgan fingerprint density at radius 2 is 1.42 bits per heavy atom. The molecule has 0 heterocycles. The molecule has 0 spiro atoms. The van der Waals surface area contributed by atoms with Crippen molar-refractivity contribution in [2.24, 2.45) is 5.92 Å². The minimum Gasteiger partial charge on any atom is -0.458 e. The minimum atomic E-state index is -0.316. The molecule has 26 heavy (non-hydrogen) atoms. The molecule has 1 aliphatic carbocycles. The third kappa shape index (κ3) is 5.28. The Bertz CT molecular complexity index is 711. The molecule has 3 atom stereocenters. The van der Waals surface area contributed by atoms with E-state index < -0.39 is 0 Å². The highest BCUT2D eigenvalue weighted by Crippen LogP contribution is 2.27. The summed E-state index contributed by atoms with van der Waals surface area (Å²) in [6.07, 6.45) is 3.40. The van der Waals surface area contributed by atoms with Crippen LogP contribution in [-0.4, -0.2) is 24.8 Å². The molecule has 0 saturated carbocycles. The van der Waals surface area contributed by atoms with E-state index in [0.29, 0.717) is 19.8 Å². The summed E-state index contributed by atoms with van der Waals surface area (Å²) in [5.41, 5.74) is 2.23. The highest BCUT2D eigenvalue weighted by molar-refractivity contribution is 5.66. The van der Waals surface area contributed by atoms with Gasteiger partial charge in [-0.2, -0.15) is 0 Å². The van der Waals surface area contributed by atoms with Gasteiger partial charge in [-0.1, -0.05) is 66.7 Å². The molecule has 0 fully saturated rings. The maximum absolute atomic E-state index is 11.4. The lowest BCUT2D eigenvalue weighted by Crippen LogP contribution is -2.33. The van der Waals surface area contributed by atoms with E-state index in [-0.39, 0.29) is 24.1 Å². The average Bonchev–Trinajstić information content (AvgIpc) is 3.03. The van der Waals surface area contributed by atoms with Gasteiger partial charge < -0.3 is 14.2 Å². The van der Waals surface area contributed by atoms with Crippen LogP contribution < -0.4 is 0 Å². The van der Waals surface area contributed by atoms with Crippen LogP contribution in [0.2, 0.25) is 0 Å². The Labute approximate surface area is 154 Å². The quantitative estimate of drug-likeness (QED) is 0.534. The molecule has 0 amide bonds. The van der Waals surface area contributed by atoms with Crippen LogP contribution in [0.4, 0.5) is 0 Å². The Balaban J connectivity index is 1.57. The van der Waals surface area contributed by atoms with Crippen molar-refractivity contribution in [2.75, 3.05) is 6.61 Å². The fourth-order valence-electron chi connectivity index (χ4n) is 3.03. The van der Waals surface area contributed by atoms with Gasteiger partial charge in [0.1, 0.15) is 6.10 Å². The molecule has 2 aromatic rings. The van der Waals surface area contributed by atoms with Crippen molar-refractivity contribution < 1.29 is 19.0 Å². The lowest BCUT2D eigenvalue weighted by Gasteiger charge is -2.25. The van der Waals surface area contributed by atoms with Crippen molar-refractivity contribution >= 4 is 5.97 Å². The van der Waals surface area contributed by atoms with Crippen molar-refractivity contribution in [3.05, 3.63) is 83.9 Å². The summed E-state index contributed by atoms with van der Waals surface area (Å²) < 4.78 is 17.4. The lowest BCUT2D eigenvalue weighted by molar-refractivity contribution is -0.149. The molecule has 1 aliphatic rings. The average molecular weight is 352 g/mol. The summed E-state index contributed by atoms with van der Waals surface area (Å²) in [7, 11) is 0. The van der Waals surface area contributed by atoms with Crippen molar-refractivity contribution in [2.45, 2.75) is 32.3 Å². The maximum Gasteiger partial charge on any atom is 0.303 e. The summed E-state index contributed by atoms with van der Waals surface area (Å²) in [5, 5.41) is 0. The summed E-state index contributed by atoms with van der Waals surface area (Å²) in [4.78, 5) is 11.4. The van der Waals surface area contributed by atoms with Gasteiger partial charge in [0.2, 0.25) is 0 Å². The normalized spacial score (nSPS) is 21.7. The molecule has 4 nitrogen and oxygen atoms in total. The second-order valence-corrected chi connectivity index (χ2v) is 6.38. The van der Waals surface area contributed by atoms with Crippen LogP contribution in [0.15, 0.2) is 72.8 Å². The summed E-state index contributed by atoms with van der Waals surface area (Å²) in [6, 6.07) is 20.0. The monoisotopic (exact) mass is 352 g/mol. The number of hydrogen-bond donors (Lipinski definition) is 0. The van der Waals surface area contributed by atoms with Gasteiger partial charge in [-0.25, -0.2) is 0 Å².